The van der Waals surface area contributed by atoms with Gasteiger partial charge in [-0.1, -0.05) is 32.0 Å². The summed E-state index contributed by atoms with van der Waals surface area (Å²) in [5.41, 5.74) is 4.78. The Morgan fingerprint density at radius 1 is 1.46 bits per heavy atom. The van der Waals surface area contributed by atoms with Gasteiger partial charge in [0.1, 0.15) is 6.04 Å². The van der Waals surface area contributed by atoms with Crippen LogP contribution in [-0.4, -0.2) is 48.3 Å². The Bertz CT molecular complexity index is 829. The fourth-order valence-corrected chi connectivity index (χ4v) is 3.76. The van der Waals surface area contributed by atoms with Gasteiger partial charge in [0.25, 0.3) is 0 Å². The molecular weight excluding hydrogens is 332 g/mol. The van der Waals surface area contributed by atoms with Gasteiger partial charge >= 0.3 is 0 Å². The number of anilines is 1. The van der Waals surface area contributed by atoms with Crippen molar-refractivity contribution in [2.24, 2.45) is 11.7 Å². The Morgan fingerprint density at radius 3 is 2.77 bits per heavy atom. The molecule has 2 aliphatic heterocycles. The molecule has 0 radical (unpaired) electrons. The number of nitrogens with two attached hydrogens (primary N) is 1. The SMILES string of the molecule is [2H]C1([2H])[C@@H](C(N)=O)N(C(=O)[C@H](CC(C)C)NC)C[C@@]12C(=O)Nc1ccccc12. The molecule has 1 aromatic carbocycles. The zero-order valence-corrected chi connectivity index (χ0v) is 15.2. The highest BCUT2D eigenvalue weighted by atomic mass is 16.2. The number of likely N-dealkylation sites (tertiary alicyclic amines) is 1. The van der Waals surface area contributed by atoms with E-state index in [4.69, 9.17) is 8.48 Å². The largest absolute Gasteiger partial charge is 0.368 e. The van der Waals surface area contributed by atoms with Crippen LogP contribution in [0.3, 0.4) is 0 Å². The monoisotopic (exact) mass is 360 g/mol. The van der Waals surface area contributed by atoms with Gasteiger partial charge in [-0.25, -0.2) is 0 Å². The second-order valence-corrected chi connectivity index (χ2v) is 7.29. The highest BCUT2D eigenvalue weighted by Crippen LogP contribution is 2.46. The molecular formula is C19H26N4O3. The predicted molar refractivity (Wildman–Crippen MR) is 98.4 cm³/mol. The number of nitrogens with one attached hydrogen (secondary N) is 2. The van der Waals surface area contributed by atoms with Crippen molar-refractivity contribution >= 4 is 23.4 Å². The first-order valence-electron chi connectivity index (χ1n) is 9.76. The molecule has 2 aliphatic rings. The van der Waals surface area contributed by atoms with E-state index in [9.17, 15) is 14.4 Å². The van der Waals surface area contributed by atoms with Crippen molar-refractivity contribution in [1.82, 2.24) is 10.2 Å². The summed E-state index contributed by atoms with van der Waals surface area (Å²) in [5.74, 6) is -1.76. The lowest BCUT2D eigenvalue weighted by molar-refractivity contribution is -0.139. The van der Waals surface area contributed by atoms with Crippen LogP contribution in [-0.2, 0) is 19.8 Å². The zero-order valence-electron chi connectivity index (χ0n) is 17.2. The molecule has 0 bridgehead atoms. The van der Waals surface area contributed by atoms with Gasteiger partial charge in [-0.3, -0.25) is 14.4 Å². The number of carbonyl (C=O) groups is 3. The third-order valence-corrected chi connectivity index (χ3v) is 5.03. The molecule has 26 heavy (non-hydrogen) atoms. The van der Waals surface area contributed by atoms with Crippen molar-refractivity contribution in [3.63, 3.8) is 0 Å². The molecule has 3 amide bonds. The van der Waals surface area contributed by atoms with Gasteiger partial charge in [0.05, 0.1) is 11.5 Å². The number of hydrogen-bond donors (Lipinski definition) is 3. The number of hydrogen-bond acceptors (Lipinski definition) is 4. The van der Waals surface area contributed by atoms with E-state index in [0.29, 0.717) is 17.7 Å². The Labute approximate surface area is 156 Å². The van der Waals surface area contributed by atoms with Gasteiger partial charge in [-0.05, 0) is 37.4 Å². The van der Waals surface area contributed by atoms with Crippen LogP contribution in [0.2, 0.25) is 0 Å². The lowest BCUT2D eigenvalue weighted by Crippen LogP contribution is -2.51. The molecule has 4 N–H and O–H groups in total. The second-order valence-electron chi connectivity index (χ2n) is 7.29. The number of benzene rings is 1. The number of carbonyl (C=O) groups excluding carboxylic acids is 3. The molecule has 0 aliphatic carbocycles. The van der Waals surface area contributed by atoms with E-state index in [2.05, 4.69) is 10.6 Å². The Kier molecular flexibility index (Phi) is 4.09. The summed E-state index contributed by atoms with van der Waals surface area (Å²) in [6, 6.07) is 4.62. The van der Waals surface area contributed by atoms with Crippen molar-refractivity contribution in [3.05, 3.63) is 29.8 Å². The van der Waals surface area contributed by atoms with Crippen LogP contribution < -0.4 is 16.4 Å². The predicted octanol–water partition coefficient (Wildman–Crippen LogP) is 0.597. The van der Waals surface area contributed by atoms with Gasteiger partial charge in [0, 0.05) is 15.0 Å². The van der Waals surface area contributed by atoms with Crippen LogP contribution in [0.15, 0.2) is 24.3 Å². The maximum absolute atomic E-state index is 13.2. The molecule has 140 valence electrons. The van der Waals surface area contributed by atoms with E-state index in [-0.39, 0.29) is 12.5 Å². The van der Waals surface area contributed by atoms with E-state index in [1.54, 1.807) is 31.3 Å². The number of nitrogens with zero attached hydrogens (tertiary/aromatic N) is 1. The van der Waals surface area contributed by atoms with E-state index < -0.39 is 41.6 Å². The molecule has 2 heterocycles. The molecule has 0 unspecified atom stereocenters. The minimum absolute atomic E-state index is 0.206. The quantitative estimate of drug-likeness (QED) is 0.715. The first-order valence-corrected chi connectivity index (χ1v) is 8.76. The summed E-state index contributed by atoms with van der Waals surface area (Å²) in [6.45, 7) is 3.69. The first-order chi connectivity index (χ1) is 13.1. The number of rotatable bonds is 5. The number of primary amides is 1. The average molecular weight is 360 g/mol. The summed E-state index contributed by atoms with van der Waals surface area (Å²) in [6.07, 6.45) is -1.85. The lowest BCUT2D eigenvalue weighted by Gasteiger charge is -2.28. The Hall–Kier alpha value is -2.41. The maximum Gasteiger partial charge on any atom is 0.240 e. The first kappa shape index (κ1) is 15.8. The molecule has 3 rings (SSSR count). The molecule has 1 saturated heterocycles. The molecule has 1 aromatic rings. The second kappa shape index (κ2) is 6.72. The molecule has 1 spiro atoms. The summed E-state index contributed by atoms with van der Waals surface area (Å²) in [7, 11) is 1.64. The average Bonchev–Trinajstić information content (AvgIpc) is 3.04. The van der Waals surface area contributed by atoms with Gasteiger partial charge < -0.3 is 21.3 Å². The molecule has 7 nitrogen and oxygen atoms in total. The molecule has 0 saturated carbocycles. The summed E-state index contributed by atoms with van der Waals surface area (Å²) >= 11 is 0. The van der Waals surface area contributed by atoms with E-state index in [0.717, 1.165) is 4.90 Å². The number of likely N-dealkylation sites (N-methyl/N-ethyl adjacent to an activating group) is 1. The van der Waals surface area contributed by atoms with Crippen molar-refractivity contribution in [2.45, 2.75) is 44.1 Å². The van der Waals surface area contributed by atoms with E-state index in [1.165, 1.54) is 0 Å². The van der Waals surface area contributed by atoms with Gasteiger partial charge in [0.15, 0.2) is 0 Å². The maximum atomic E-state index is 13.2. The van der Waals surface area contributed by atoms with E-state index in [1.807, 2.05) is 13.8 Å². The van der Waals surface area contributed by atoms with Crippen molar-refractivity contribution < 1.29 is 17.1 Å². The van der Waals surface area contributed by atoms with Crippen LogP contribution in [0.25, 0.3) is 0 Å². The lowest BCUT2D eigenvalue weighted by atomic mass is 9.79. The van der Waals surface area contributed by atoms with Crippen molar-refractivity contribution in [2.75, 3.05) is 18.9 Å². The minimum Gasteiger partial charge on any atom is -0.368 e. The van der Waals surface area contributed by atoms with E-state index >= 15 is 0 Å². The highest BCUT2D eigenvalue weighted by Gasteiger charge is 2.57. The fourth-order valence-electron chi connectivity index (χ4n) is 3.76. The van der Waals surface area contributed by atoms with Gasteiger partial charge in [0.2, 0.25) is 17.7 Å². The standard InChI is InChI=1S/C19H26N4O3/c1-11(2)8-14(21-3)17(25)23-10-19(9-15(23)16(20)24)12-6-4-5-7-13(12)22-18(19)26/h4-7,11,14-15,21H,8-10H2,1-3H3,(H2,20,24)(H,22,26)/t14-,15-,19-/m0/s1/i9D2. The summed E-state index contributed by atoms with van der Waals surface area (Å²) < 4.78 is 17.5. The van der Waals surface area contributed by atoms with Crippen molar-refractivity contribution in [3.8, 4) is 0 Å². The summed E-state index contributed by atoms with van der Waals surface area (Å²) in [5, 5.41) is 5.64. The fraction of sp³-hybridized carbons (Fsp3) is 0.526. The van der Waals surface area contributed by atoms with Crippen LogP contribution in [0, 0.1) is 5.92 Å². The number of fused-ring (bicyclic) bond motifs is 2. The van der Waals surface area contributed by atoms with Crippen LogP contribution in [0.5, 0.6) is 0 Å². The molecule has 3 atom stereocenters. The smallest absolute Gasteiger partial charge is 0.240 e. The van der Waals surface area contributed by atoms with Crippen molar-refractivity contribution in [1.29, 1.82) is 0 Å². The Balaban J connectivity index is 2.11. The van der Waals surface area contributed by atoms with Gasteiger partial charge in [-0.2, -0.15) is 0 Å². The summed E-state index contributed by atoms with van der Waals surface area (Å²) in [4.78, 5) is 39.6. The number of amides is 3. The topological polar surface area (TPSA) is 105 Å². The Morgan fingerprint density at radius 2 is 2.15 bits per heavy atom. The molecule has 7 heteroatoms. The minimum atomic E-state index is -2.36. The van der Waals surface area contributed by atoms with Crippen LogP contribution in [0.1, 0.15) is 34.9 Å². The highest BCUT2D eigenvalue weighted by molar-refractivity contribution is 6.08. The normalized spacial score (nSPS) is 28.5. The number of para-hydroxylation sites is 1. The molecule has 1 fully saturated rings. The van der Waals surface area contributed by atoms with Gasteiger partial charge in [-0.15, -0.1) is 0 Å². The van der Waals surface area contributed by atoms with Crippen LogP contribution in [0.4, 0.5) is 5.69 Å². The third-order valence-electron chi connectivity index (χ3n) is 5.03. The third kappa shape index (κ3) is 2.86. The van der Waals surface area contributed by atoms with Crippen LogP contribution >= 0.6 is 0 Å². The molecule has 0 aromatic heterocycles. The zero-order chi connectivity index (χ0) is 20.9.